The van der Waals surface area contributed by atoms with Crippen LogP contribution in [0.25, 0.3) is 0 Å². The summed E-state index contributed by atoms with van der Waals surface area (Å²) in [6, 6.07) is 4.09. The van der Waals surface area contributed by atoms with Gasteiger partial charge in [0.1, 0.15) is 5.82 Å². The van der Waals surface area contributed by atoms with Crippen molar-refractivity contribution in [2.75, 3.05) is 6.54 Å². The number of nitrogens with one attached hydrogen (secondary N) is 1. The second-order valence-electron chi connectivity index (χ2n) is 5.68. The molecule has 0 aromatic carbocycles. The fraction of sp³-hybridized carbons (Fsp3) is 0.438. The Bertz CT molecular complexity index is 620. The first-order valence-electron chi connectivity index (χ1n) is 7.38. The van der Waals surface area contributed by atoms with Crippen LogP contribution in [0.2, 0.25) is 0 Å². The van der Waals surface area contributed by atoms with Crippen molar-refractivity contribution in [2.45, 2.75) is 38.1 Å². The van der Waals surface area contributed by atoms with Gasteiger partial charge in [-0.05, 0) is 30.5 Å². The van der Waals surface area contributed by atoms with Crippen molar-refractivity contribution in [2.24, 2.45) is 0 Å². The molecule has 102 valence electrons. The van der Waals surface area contributed by atoms with Gasteiger partial charge in [-0.15, -0.1) is 0 Å². The maximum atomic E-state index is 4.87. The lowest BCUT2D eigenvalue weighted by molar-refractivity contribution is 0.610. The minimum atomic E-state index is 0.683. The van der Waals surface area contributed by atoms with Crippen molar-refractivity contribution >= 4 is 0 Å². The van der Waals surface area contributed by atoms with E-state index in [2.05, 4.69) is 10.3 Å². The summed E-state index contributed by atoms with van der Waals surface area (Å²) < 4.78 is 0. The molecule has 0 saturated heterocycles. The smallest absolute Gasteiger partial charge is 0.133 e. The van der Waals surface area contributed by atoms with Crippen LogP contribution >= 0.6 is 0 Å². The van der Waals surface area contributed by atoms with Crippen molar-refractivity contribution < 1.29 is 0 Å². The van der Waals surface area contributed by atoms with Crippen molar-refractivity contribution in [1.82, 2.24) is 20.3 Å². The largest absolute Gasteiger partial charge is 0.312 e. The van der Waals surface area contributed by atoms with Crippen molar-refractivity contribution in [3.63, 3.8) is 0 Å². The van der Waals surface area contributed by atoms with Crippen LogP contribution in [0.5, 0.6) is 0 Å². The Morgan fingerprint density at radius 1 is 1.15 bits per heavy atom. The van der Waals surface area contributed by atoms with Gasteiger partial charge in [0.2, 0.25) is 0 Å². The second-order valence-corrected chi connectivity index (χ2v) is 5.68. The van der Waals surface area contributed by atoms with Crippen LogP contribution in [0, 0.1) is 0 Å². The molecule has 1 fully saturated rings. The first-order chi connectivity index (χ1) is 9.90. The van der Waals surface area contributed by atoms with Crippen LogP contribution in [-0.4, -0.2) is 21.5 Å². The van der Waals surface area contributed by atoms with Gasteiger partial charge in [-0.3, -0.25) is 4.98 Å². The monoisotopic (exact) mass is 266 g/mol. The molecule has 4 rings (SSSR count). The summed E-state index contributed by atoms with van der Waals surface area (Å²) in [4.78, 5) is 13.7. The summed E-state index contributed by atoms with van der Waals surface area (Å²) in [7, 11) is 0. The van der Waals surface area contributed by atoms with E-state index in [0.717, 1.165) is 31.8 Å². The number of aromatic nitrogens is 3. The molecule has 2 aliphatic rings. The van der Waals surface area contributed by atoms with E-state index in [0.29, 0.717) is 5.92 Å². The Kier molecular flexibility index (Phi) is 2.96. The second kappa shape index (κ2) is 4.94. The first kappa shape index (κ1) is 12.0. The highest BCUT2D eigenvalue weighted by Gasteiger charge is 2.30. The summed E-state index contributed by atoms with van der Waals surface area (Å²) >= 11 is 0. The third-order valence-electron chi connectivity index (χ3n) is 4.09. The molecule has 0 amide bonds. The number of pyridine rings is 1. The van der Waals surface area contributed by atoms with Crippen LogP contribution in [0.3, 0.4) is 0 Å². The van der Waals surface area contributed by atoms with Gasteiger partial charge in [-0.1, -0.05) is 0 Å². The molecule has 4 heteroatoms. The van der Waals surface area contributed by atoms with E-state index >= 15 is 0 Å². The highest BCUT2D eigenvalue weighted by atomic mass is 15.0. The molecule has 1 saturated carbocycles. The molecule has 3 heterocycles. The highest BCUT2D eigenvalue weighted by molar-refractivity contribution is 5.33. The van der Waals surface area contributed by atoms with E-state index in [9.17, 15) is 0 Å². The highest BCUT2D eigenvalue weighted by Crippen LogP contribution is 2.41. The summed E-state index contributed by atoms with van der Waals surface area (Å²) in [5, 5.41) is 3.44. The predicted octanol–water partition coefficient (Wildman–Crippen LogP) is 1.99. The average Bonchev–Trinajstić information content (AvgIpc) is 3.32. The molecule has 1 aliphatic heterocycles. The Morgan fingerprint density at radius 3 is 2.80 bits per heavy atom. The normalized spacial score (nSPS) is 17.8. The quantitative estimate of drug-likeness (QED) is 0.923. The fourth-order valence-corrected chi connectivity index (χ4v) is 2.88. The van der Waals surface area contributed by atoms with E-state index in [1.807, 2.05) is 24.5 Å². The Balaban J connectivity index is 1.71. The van der Waals surface area contributed by atoms with Gasteiger partial charge < -0.3 is 5.32 Å². The van der Waals surface area contributed by atoms with Crippen LogP contribution < -0.4 is 5.32 Å². The van der Waals surface area contributed by atoms with Crippen molar-refractivity contribution in [3.05, 3.63) is 52.9 Å². The van der Waals surface area contributed by atoms with Gasteiger partial charge in [0, 0.05) is 49.8 Å². The summed E-state index contributed by atoms with van der Waals surface area (Å²) in [5.41, 5.74) is 5.18. The maximum absolute atomic E-state index is 4.87. The van der Waals surface area contributed by atoms with E-state index in [1.54, 1.807) is 0 Å². The van der Waals surface area contributed by atoms with E-state index in [4.69, 9.17) is 9.97 Å². The third kappa shape index (κ3) is 2.31. The number of rotatable bonds is 3. The van der Waals surface area contributed by atoms with Gasteiger partial charge in [0.05, 0.1) is 11.4 Å². The molecule has 0 bridgehead atoms. The molecular weight excluding hydrogens is 248 g/mol. The zero-order valence-electron chi connectivity index (χ0n) is 11.5. The third-order valence-corrected chi connectivity index (χ3v) is 4.09. The minimum Gasteiger partial charge on any atom is -0.312 e. The number of hydrogen-bond donors (Lipinski definition) is 1. The van der Waals surface area contributed by atoms with E-state index in [1.165, 1.54) is 35.4 Å². The summed E-state index contributed by atoms with van der Waals surface area (Å²) in [6.07, 6.45) is 8.08. The molecule has 1 N–H and O–H groups in total. The maximum Gasteiger partial charge on any atom is 0.133 e. The Hall–Kier alpha value is -1.81. The Labute approximate surface area is 118 Å². The standard InChI is InChI=1S/C16H18N4/c1-2-12(1)16-13-10-18-8-5-14(13)19-15(20-16)9-11-3-6-17-7-4-11/h3-4,6-7,12,18H,1-2,5,8-10H2. The lowest BCUT2D eigenvalue weighted by atomic mass is 10.0. The van der Waals surface area contributed by atoms with E-state index < -0.39 is 0 Å². The molecule has 0 spiro atoms. The molecule has 20 heavy (non-hydrogen) atoms. The van der Waals surface area contributed by atoms with Crippen LogP contribution in [0.15, 0.2) is 24.5 Å². The number of nitrogens with zero attached hydrogens (tertiary/aromatic N) is 3. The molecule has 2 aromatic rings. The van der Waals surface area contributed by atoms with Gasteiger partial charge >= 0.3 is 0 Å². The summed E-state index contributed by atoms with van der Waals surface area (Å²) in [5.74, 6) is 1.65. The van der Waals surface area contributed by atoms with Gasteiger partial charge in [-0.2, -0.15) is 0 Å². The van der Waals surface area contributed by atoms with Gasteiger partial charge in [0.15, 0.2) is 0 Å². The summed E-state index contributed by atoms with van der Waals surface area (Å²) in [6.45, 7) is 1.97. The molecule has 2 aromatic heterocycles. The average molecular weight is 266 g/mol. The van der Waals surface area contributed by atoms with Crippen molar-refractivity contribution in [3.8, 4) is 0 Å². The fourth-order valence-electron chi connectivity index (χ4n) is 2.88. The Morgan fingerprint density at radius 2 is 2.00 bits per heavy atom. The van der Waals surface area contributed by atoms with Gasteiger partial charge in [-0.25, -0.2) is 9.97 Å². The molecule has 0 atom stereocenters. The van der Waals surface area contributed by atoms with Crippen LogP contribution in [-0.2, 0) is 19.4 Å². The van der Waals surface area contributed by atoms with Gasteiger partial charge in [0.25, 0.3) is 0 Å². The first-order valence-corrected chi connectivity index (χ1v) is 7.38. The SMILES string of the molecule is c1cc(Cc2nc3c(c(C4CC4)n2)CNCC3)ccn1. The molecule has 1 aliphatic carbocycles. The zero-order chi connectivity index (χ0) is 13.4. The predicted molar refractivity (Wildman–Crippen MR) is 76.5 cm³/mol. The molecule has 0 unspecified atom stereocenters. The molecular formula is C16H18N4. The van der Waals surface area contributed by atoms with Crippen LogP contribution in [0.4, 0.5) is 0 Å². The molecule has 0 radical (unpaired) electrons. The number of hydrogen-bond acceptors (Lipinski definition) is 4. The molecule has 4 nitrogen and oxygen atoms in total. The van der Waals surface area contributed by atoms with E-state index in [-0.39, 0.29) is 0 Å². The lowest BCUT2D eigenvalue weighted by Gasteiger charge is -2.20. The van der Waals surface area contributed by atoms with Crippen LogP contribution in [0.1, 0.15) is 47.1 Å². The lowest BCUT2D eigenvalue weighted by Crippen LogP contribution is -2.27. The zero-order valence-corrected chi connectivity index (χ0v) is 11.5. The van der Waals surface area contributed by atoms with Crippen molar-refractivity contribution in [1.29, 1.82) is 0 Å². The minimum absolute atomic E-state index is 0.683. The number of fused-ring (bicyclic) bond motifs is 1. The topological polar surface area (TPSA) is 50.7 Å².